The molecule has 0 spiro atoms. The molecule has 2 N–H and O–H groups in total. The van der Waals surface area contributed by atoms with Crippen LogP contribution in [0.2, 0.25) is 0 Å². The second-order valence-corrected chi connectivity index (χ2v) is 4.61. The minimum Gasteiger partial charge on any atom is -0.463 e. The van der Waals surface area contributed by atoms with Crippen molar-refractivity contribution in [1.29, 1.82) is 0 Å². The molecule has 0 aliphatic carbocycles. The molecule has 120 valence electrons. The predicted octanol–water partition coefficient (Wildman–Crippen LogP) is -0.959. The van der Waals surface area contributed by atoms with Crippen LogP contribution >= 0.6 is 0 Å². The molecule has 0 radical (unpaired) electrons. The maximum Gasteiger partial charge on any atom is 0.303 e. The number of nitrogens with one attached hydrogen (secondary N) is 1. The van der Waals surface area contributed by atoms with Gasteiger partial charge in [0.05, 0.1) is 0 Å². The zero-order valence-corrected chi connectivity index (χ0v) is 11.9. The highest BCUT2D eigenvalue weighted by Crippen LogP contribution is 2.25. The van der Waals surface area contributed by atoms with E-state index in [0.29, 0.717) is 0 Å². The first-order valence-corrected chi connectivity index (χ1v) is 6.27. The van der Waals surface area contributed by atoms with Crippen molar-refractivity contribution in [2.75, 3.05) is 6.61 Å². The first kappa shape index (κ1) is 17.3. The van der Waals surface area contributed by atoms with Gasteiger partial charge in [-0.25, -0.2) is 4.39 Å². The van der Waals surface area contributed by atoms with Gasteiger partial charge in [0.15, 0.2) is 18.6 Å². The number of halogens is 1. The average molecular weight is 307 g/mol. The Labute approximate surface area is 120 Å². The van der Waals surface area contributed by atoms with E-state index in [-0.39, 0.29) is 0 Å². The van der Waals surface area contributed by atoms with E-state index < -0.39 is 55.2 Å². The standard InChI is InChI=1S/C12H18FNO7/c1-5(15)14-10-9(13)11(20-7(3)17)8(21-12(10)18)4-19-6(2)16/h8-12,18H,4H2,1-3H3,(H,14,15)/t8-,9-,10-,11+,12?/m1/s1. The first-order chi connectivity index (χ1) is 9.72. The summed E-state index contributed by atoms with van der Waals surface area (Å²) < 4.78 is 29.0. The Hall–Kier alpha value is -1.74. The molecule has 21 heavy (non-hydrogen) atoms. The van der Waals surface area contributed by atoms with Crippen molar-refractivity contribution in [3.63, 3.8) is 0 Å². The van der Waals surface area contributed by atoms with Gasteiger partial charge in [-0.3, -0.25) is 14.4 Å². The van der Waals surface area contributed by atoms with Crippen LogP contribution in [0, 0.1) is 0 Å². The second kappa shape index (κ2) is 7.32. The van der Waals surface area contributed by atoms with Gasteiger partial charge in [-0.15, -0.1) is 0 Å². The Kier molecular flexibility index (Phi) is 6.03. The Morgan fingerprint density at radius 1 is 1.24 bits per heavy atom. The molecule has 9 heteroatoms. The van der Waals surface area contributed by atoms with Crippen LogP contribution in [0.4, 0.5) is 4.39 Å². The summed E-state index contributed by atoms with van der Waals surface area (Å²) in [5.41, 5.74) is 0. The third-order valence-corrected chi connectivity index (χ3v) is 2.77. The third-order valence-electron chi connectivity index (χ3n) is 2.77. The van der Waals surface area contributed by atoms with Crippen LogP contribution in [0.25, 0.3) is 0 Å². The lowest BCUT2D eigenvalue weighted by molar-refractivity contribution is -0.250. The van der Waals surface area contributed by atoms with E-state index >= 15 is 0 Å². The molecule has 1 saturated heterocycles. The Balaban J connectivity index is 2.86. The summed E-state index contributed by atoms with van der Waals surface area (Å²) in [4.78, 5) is 32.8. The fraction of sp³-hybridized carbons (Fsp3) is 0.750. The molecular weight excluding hydrogens is 289 g/mol. The van der Waals surface area contributed by atoms with E-state index in [0.717, 1.165) is 20.8 Å². The number of hydrogen-bond acceptors (Lipinski definition) is 7. The number of carbonyl (C=O) groups is 3. The van der Waals surface area contributed by atoms with Crippen molar-refractivity contribution in [3.8, 4) is 0 Å². The SMILES string of the molecule is CC(=O)N[C@H]1C(O)O[C@H](COC(C)=O)[C@H](OC(C)=O)[C@@H]1F. The van der Waals surface area contributed by atoms with Gasteiger partial charge in [0, 0.05) is 20.8 Å². The summed E-state index contributed by atoms with van der Waals surface area (Å²) in [6, 6.07) is -1.39. The molecule has 0 aromatic heterocycles. The molecule has 1 rings (SSSR count). The van der Waals surface area contributed by atoms with E-state index in [9.17, 15) is 23.9 Å². The molecule has 1 aliphatic heterocycles. The van der Waals surface area contributed by atoms with E-state index in [2.05, 4.69) is 10.1 Å². The summed E-state index contributed by atoms with van der Waals surface area (Å²) in [7, 11) is 0. The molecule has 1 amide bonds. The average Bonchev–Trinajstić information content (AvgIpc) is 2.35. The number of amides is 1. The van der Waals surface area contributed by atoms with E-state index in [1.165, 1.54) is 0 Å². The van der Waals surface area contributed by atoms with Crippen LogP contribution in [0.15, 0.2) is 0 Å². The lowest BCUT2D eigenvalue weighted by Crippen LogP contribution is -2.63. The Bertz CT molecular complexity index is 414. The topological polar surface area (TPSA) is 111 Å². The van der Waals surface area contributed by atoms with Crippen molar-refractivity contribution in [2.45, 2.75) is 51.5 Å². The molecule has 1 fully saturated rings. The van der Waals surface area contributed by atoms with Gasteiger partial charge < -0.3 is 24.6 Å². The van der Waals surface area contributed by atoms with Gasteiger partial charge in [-0.2, -0.15) is 0 Å². The Morgan fingerprint density at radius 2 is 1.86 bits per heavy atom. The van der Waals surface area contributed by atoms with E-state index in [1.54, 1.807) is 0 Å². The van der Waals surface area contributed by atoms with Crippen LogP contribution in [-0.4, -0.2) is 60.3 Å². The van der Waals surface area contributed by atoms with Crippen LogP contribution in [-0.2, 0) is 28.6 Å². The predicted molar refractivity (Wildman–Crippen MR) is 65.6 cm³/mol. The Morgan fingerprint density at radius 3 is 2.33 bits per heavy atom. The summed E-state index contributed by atoms with van der Waals surface area (Å²) in [5.74, 6) is -1.98. The van der Waals surface area contributed by atoms with Gasteiger partial charge >= 0.3 is 11.9 Å². The van der Waals surface area contributed by atoms with Crippen LogP contribution in [0.1, 0.15) is 20.8 Å². The molecule has 0 bridgehead atoms. The summed E-state index contributed by atoms with van der Waals surface area (Å²) in [5, 5.41) is 11.9. The van der Waals surface area contributed by atoms with Gasteiger partial charge in [0.25, 0.3) is 0 Å². The molecule has 1 unspecified atom stereocenters. The molecule has 0 saturated carbocycles. The van der Waals surface area contributed by atoms with Crippen LogP contribution in [0.3, 0.4) is 0 Å². The van der Waals surface area contributed by atoms with Crippen LogP contribution < -0.4 is 5.32 Å². The highest BCUT2D eigenvalue weighted by atomic mass is 19.1. The number of esters is 2. The second-order valence-electron chi connectivity index (χ2n) is 4.61. The van der Waals surface area contributed by atoms with Crippen molar-refractivity contribution in [3.05, 3.63) is 0 Å². The summed E-state index contributed by atoms with van der Waals surface area (Å²) in [6.07, 6.45) is -6.16. The number of alkyl halides is 1. The molecule has 1 heterocycles. The van der Waals surface area contributed by atoms with Gasteiger partial charge in [0.2, 0.25) is 5.91 Å². The first-order valence-electron chi connectivity index (χ1n) is 6.27. The minimum atomic E-state index is -1.91. The minimum absolute atomic E-state index is 0.391. The van der Waals surface area contributed by atoms with Crippen molar-refractivity contribution >= 4 is 17.8 Å². The molecule has 1 aliphatic rings. The van der Waals surface area contributed by atoms with Crippen LogP contribution in [0.5, 0.6) is 0 Å². The van der Waals surface area contributed by atoms with Crippen molar-refractivity contribution < 1.29 is 38.1 Å². The maximum atomic E-state index is 14.4. The van der Waals surface area contributed by atoms with Gasteiger partial charge in [0.1, 0.15) is 18.8 Å². The molecule has 0 aromatic rings. The number of aliphatic hydroxyl groups excluding tert-OH is 1. The lowest BCUT2D eigenvalue weighted by atomic mass is 9.98. The number of hydrogen-bond donors (Lipinski definition) is 2. The lowest BCUT2D eigenvalue weighted by Gasteiger charge is -2.40. The maximum absolute atomic E-state index is 14.4. The number of ether oxygens (including phenoxy) is 3. The number of aliphatic hydroxyl groups is 1. The number of carbonyl (C=O) groups excluding carboxylic acids is 3. The zero-order valence-electron chi connectivity index (χ0n) is 11.9. The van der Waals surface area contributed by atoms with Gasteiger partial charge in [-0.05, 0) is 0 Å². The largest absolute Gasteiger partial charge is 0.463 e. The van der Waals surface area contributed by atoms with Crippen molar-refractivity contribution in [2.24, 2.45) is 0 Å². The summed E-state index contributed by atoms with van der Waals surface area (Å²) in [6.45, 7) is 2.98. The van der Waals surface area contributed by atoms with Crippen molar-refractivity contribution in [1.82, 2.24) is 5.32 Å². The highest BCUT2D eigenvalue weighted by molar-refractivity contribution is 5.73. The van der Waals surface area contributed by atoms with E-state index in [1.807, 2.05) is 0 Å². The normalized spacial score (nSPS) is 32.1. The molecule has 5 atom stereocenters. The molecule has 8 nitrogen and oxygen atoms in total. The highest BCUT2D eigenvalue weighted by Gasteiger charge is 2.48. The van der Waals surface area contributed by atoms with E-state index in [4.69, 9.17) is 9.47 Å². The third kappa shape index (κ3) is 4.94. The molecule has 0 aromatic carbocycles. The monoisotopic (exact) mass is 307 g/mol. The summed E-state index contributed by atoms with van der Waals surface area (Å²) >= 11 is 0. The molecular formula is C12H18FNO7. The number of rotatable bonds is 4. The smallest absolute Gasteiger partial charge is 0.303 e. The fourth-order valence-electron chi connectivity index (χ4n) is 1.96. The zero-order chi connectivity index (χ0) is 16.2. The quantitative estimate of drug-likeness (QED) is 0.643. The van der Waals surface area contributed by atoms with Gasteiger partial charge in [-0.1, -0.05) is 0 Å². The fourth-order valence-corrected chi connectivity index (χ4v) is 1.96.